The molecule has 24 heavy (non-hydrogen) atoms. The molecule has 0 spiro atoms. The van der Waals surface area contributed by atoms with Gasteiger partial charge in [0.15, 0.2) is 5.76 Å². The van der Waals surface area contributed by atoms with E-state index in [9.17, 15) is 9.59 Å². The van der Waals surface area contributed by atoms with Crippen molar-refractivity contribution in [2.24, 2.45) is 0 Å². The van der Waals surface area contributed by atoms with Gasteiger partial charge >= 0.3 is 0 Å². The SMILES string of the molecule is O=C(CCCNC(=O)c1ccco1)NCc1nc2ccccc2s1. The second-order valence-corrected chi connectivity index (χ2v) is 6.30. The summed E-state index contributed by atoms with van der Waals surface area (Å²) in [6.07, 6.45) is 2.37. The lowest BCUT2D eigenvalue weighted by Gasteiger charge is -2.04. The van der Waals surface area contributed by atoms with Crippen LogP contribution < -0.4 is 10.6 Å². The van der Waals surface area contributed by atoms with Crippen LogP contribution in [-0.2, 0) is 11.3 Å². The number of amides is 2. The maximum Gasteiger partial charge on any atom is 0.286 e. The van der Waals surface area contributed by atoms with E-state index in [4.69, 9.17) is 4.42 Å². The van der Waals surface area contributed by atoms with Crippen LogP contribution in [0.25, 0.3) is 10.2 Å². The first kappa shape index (κ1) is 16.2. The molecule has 3 aromatic rings. The van der Waals surface area contributed by atoms with Crippen molar-refractivity contribution >= 4 is 33.4 Å². The molecule has 1 aromatic carbocycles. The molecule has 6 nitrogen and oxygen atoms in total. The number of rotatable bonds is 7. The third-order valence-corrected chi connectivity index (χ3v) is 4.42. The Hall–Kier alpha value is -2.67. The van der Waals surface area contributed by atoms with Crippen LogP contribution in [-0.4, -0.2) is 23.3 Å². The smallest absolute Gasteiger partial charge is 0.286 e. The first-order chi connectivity index (χ1) is 11.7. The van der Waals surface area contributed by atoms with Gasteiger partial charge in [0.2, 0.25) is 5.91 Å². The van der Waals surface area contributed by atoms with Crippen LogP contribution in [0.15, 0.2) is 47.1 Å². The van der Waals surface area contributed by atoms with Gasteiger partial charge in [-0.15, -0.1) is 11.3 Å². The number of hydrogen-bond acceptors (Lipinski definition) is 5. The number of hydrogen-bond donors (Lipinski definition) is 2. The van der Waals surface area contributed by atoms with E-state index in [1.165, 1.54) is 6.26 Å². The molecular weight excluding hydrogens is 326 g/mol. The van der Waals surface area contributed by atoms with Crippen molar-refractivity contribution in [2.75, 3.05) is 6.54 Å². The van der Waals surface area contributed by atoms with Crippen molar-refractivity contribution < 1.29 is 14.0 Å². The van der Waals surface area contributed by atoms with Crippen molar-refractivity contribution in [2.45, 2.75) is 19.4 Å². The topological polar surface area (TPSA) is 84.2 Å². The minimum absolute atomic E-state index is 0.0542. The van der Waals surface area contributed by atoms with Gasteiger partial charge in [-0.3, -0.25) is 9.59 Å². The van der Waals surface area contributed by atoms with Gasteiger partial charge in [0, 0.05) is 13.0 Å². The van der Waals surface area contributed by atoms with E-state index in [1.807, 2.05) is 24.3 Å². The van der Waals surface area contributed by atoms with Gasteiger partial charge in [0.1, 0.15) is 5.01 Å². The molecule has 2 heterocycles. The van der Waals surface area contributed by atoms with Gasteiger partial charge in [-0.2, -0.15) is 0 Å². The molecule has 2 N–H and O–H groups in total. The second kappa shape index (κ2) is 7.74. The Morgan fingerprint density at radius 2 is 2.00 bits per heavy atom. The fraction of sp³-hybridized carbons (Fsp3) is 0.235. The van der Waals surface area contributed by atoms with Crippen LogP contribution in [0.5, 0.6) is 0 Å². The van der Waals surface area contributed by atoms with Crippen LogP contribution >= 0.6 is 11.3 Å². The molecule has 0 radical (unpaired) electrons. The fourth-order valence-electron chi connectivity index (χ4n) is 2.20. The number of carbonyl (C=O) groups excluding carboxylic acids is 2. The van der Waals surface area contributed by atoms with Crippen molar-refractivity contribution in [3.8, 4) is 0 Å². The molecule has 0 saturated carbocycles. The van der Waals surface area contributed by atoms with Gasteiger partial charge < -0.3 is 15.1 Å². The third-order valence-electron chi connectivity index (χ3n) is 3.39. The summed E-state index contributed by atoms with van der Waals surface area (Å²) in [6.45, 7) is 0.852. The molecule has 0 saturated heterocycles. The highest BCUT2D eigenvalue weighted by Gasteiger charge is 2.08. The predicted octanol–water partition coefficient (Wildman–Crippen LogP) is 2.72. The molecule has 2 amide bonds. The zero-order valence-corrected chi connectivity index (χ0v) is 13.8. The molecule has 0 bridgehead atoms. The van der Waals surface area contributed by atoms with Gasteiger partial charge in [0.05, 0.1) is 23.0 Å². The van der Waals surface area contributed by atoms with Crippen LogP contribution in [0.1, 0.15) is 28.4 Å². The van der Waals surface area contributed by atoms with E-state index in [2.05, 4.69) is 15.6 Å². The Bertz CT molecular complexity index is 794. The summed E-state index contributed by atoms with van der Waals surface area (Å²) in [5.41, 5.74) is 0.951. The Kier molecular flexibility index (Phi) is 5.22. The van der Waals surface area contributed by atoms with Crippen molar-refractivity contribution in [3.63, 3.8) is 0 Å². The molecule has 0 unspecified atom stereocenters. The number of nitrogens with one attached hydrogen (secondary N) is 2. The molecule has 0 aliphatic rings. The van der Waals surface area contributed by atoms with Crippen LogP contribution in [0.2, 0.25) is 0 Å². The number of fused-ring (bicyclic) bond motifs is 1. The summed E-state index contributed by atoms with van der Waals surface area (Å²) in [7, 11) is 0. The van der Waals surface area contributed by atoms with E-state index >= 15 is 0 Å². The van der Waals surface area contributed by atoms with Crippen molar-refractivity contribution in [1.29, 1.82) is 0 Å². The molecule has 7 heteroatoms. The lowest BCUT2D eigenvalue weighted by Crippen LogP contribution is -2.27. The summed E-state index contributed by atoms with van der Waals surface area (Å²) >= 11 is 1.58. The first-order valence-electron chi connectivity index (χ1n) is 7.65. The zero-order chi connectivity index (χ0) is 16.8. The summed E-state index contributed by atoms with van der Waals surface area (Å²) in [5.74, 6) is -0.0494. The Balaban J connectivity index is 1.36. The molecule has 0 atom stereocenters. The highest BCUT2D eigenvalue weighted by molar-refractivity contribution is 7.18. The maximum absolute atomic E-state index is 11.8. The van der Waals surface area contributed by atoms with Gasteiger partial charge in [-0.05, 0) is 30.7 Å². The second-order valence-electron chi connectivity index (χ2n) is 5.19. The quantitative estimate of drug-likeness (QED) is 0.646. The Morgan fingerprint density at radius 1 is 1.12 bits per heavy atom. The fourth-order valence-corrected chi connectivity index (χ4v) is 3.11. The molecule has 124 valence electrons. The number of para-hydroxylation sites is 1. The van der Waals surface area contributed by atoms with Crippen LogP contribution in [0, 0.1) is 0 Å². The molecule has 0 aliphatic heterocycles. The highest BCUT2D eigenvalue weighted by atomic mass is 32.1. The number of thiazole rings is 1. The van der Waals surface area contributed by atoms with Crippen molar-refractivity contribution in [1.82, 2.24) is 15.6 Å². The monoisotopic (exact) mass is 343 g/mol. The molecule has 3 rings (SSSR count). The van der Waals surface area contributed by atoms with E-state index in [0.717, 1.165) is 15.2 Å². The summed E-state index contributed by atoms with van der Waals surface area (Å²) in [4.78, 5) is 27.9. The number of benzene rings is 1. The zero-order valence-electron chi connectivity index (χ0n) is 13.0. The predicted molar refractivity (Wildman–Crippen MR) is 91.7 cm³/mol. The maximum atomic E-state index is 11.8. The number of furan rings is 1. The standard InChI is InChI=1S/C17H17N3O3S/c21-15(8-3-9-18-17(22)13-6-4-10-23-13)19-11-16-20-12-5-1-2-7-14(12)24-16/h1-2,4-7,10H,3,8-9,11H2,(H,18,22)(H,19,21). The van der Waals surface area contributed by atoms with E-state index < -0.39 is 0 Å². The molecular formula is C17H17N3O3S. The minimum atomic E-state index is -0.269. The third kappa shape index (κ3) is 4.20. The summed E-state index contributed by atoms with van der Waals surface area (Å²) < 4.78 is 6.10. The van der Waals surface area contributed by atoms with Gasteiger partial charge in [0.25, 0.3) is 5.91 Å². The summed E-state index contributed by atoms with van der Waals surface area (Å²) in [5, 5.41) is 6.45. The Labute approximate surface area is 142 Å². The number of aromatic nitrogens is 1. The van der Waals surface area contributed by atoms with Crippen LogP contribution in [0.3, 0.4) is 0 Å². The largest absolute Gasteiger partial charge is 0.459 e. The number of nitrogens with zero attached hydrogens (tertiary/aromatic N) is 1. The van der Waals surface area contributed by atoms with E-state index in [1.54, 1.807) is 23.5 Å². The first-order valence-corrected chi connectivity index (χ1v) is 8.47. The molecule has 0 fully saturated rings. The van der Waals surface area contributed by atoms with Crippen LogP contribution in [0.4, 0.5) is 0 Å². The molecule has 0 aliphatic carbocycles. The van der Waals surface area contributed by atoms with E-state index in [-0.39, 0.29) is 17.6 Å². The van der Waals surface area contributed by atoms with Gasteiger partial charge in [-0.1, -0.05) is 12.1 Å². The van der Waals surface area contributed by atoms with E-state index in [0.29, 0.717) is 25.9 Å². The average molecular weight is 343 g/mol. The Morgan fingerprint density at radius 3 is 2.79 bits per heavy atom. The normalized spacial score (nSPS) is 10.7. The average Bonchev–Trinajstić information content (AvgIpc) is 3.25. The van der Waals surface area contributed by atoms with Crippen molar-refractivity contribution in [3.05, 3.63) is 53.4 Å². The molecule has 2 aromatic heterocycles. The highest BCUT2D eigenvalue weighted by Crippen LogP contribution is 2.21. The summed E-state index contributed by atoms with van der Waals surface area (Å²) in [6, 6.07) is 11.1. The lowest BCUT2D eigenvalue weighted by molar-refractivity contribution is -0.121. The van der Waals surface area contributed by atoms with Gasteiger partial charge in [-0.25, -0.2) is 4.98 Å². The lowest BCUT2D eigenvalue weighted by atomic mass is 10.3. The minimum Gasteiger partial charge on any atom is -0.459 e. The number of carbonyl (C=O) groups is 2.